The van der Waals surface area contributed by atoms with E-state index < -0.39 is 0 Å². The van der Waals surface area contributed by atoms with E-state index in [0.717, 1.165) is 36.9 Å². The minimum atomic E-state index is -0.122. The summed E-state index contributed by atoms with van der Waals surface area (Å²) in [5, 5.41) is 19.7. The lowest BCUT2D eigenvalue weighted by atomic mass is 9.95. The Balaban J connectivity index is 1.77. The van der Waals surface area contributed by atoms with E-state index in [2.05, 4.69) is 15.5 Å². The maximum atomic E-state index is 12.7. The van der Waals surface area contributed by atoms with Crippen LogP contribution in [0.5, 0.6) is 0 Å². The fourth-order valence-corrected chi connectivity index (χ4v) is 3.32. The van der Waals surface area contributed by atoms with Gasteiger partial charge in [-0.1, -0.05) is 49.6 Å². The minimum Gasteiger partial charge on any atom is -0.396 e. The van der Waals surface area contributed by atoms with Crippen molar-refractivity contribution < 1.29 is 9.90 Å². The van der Waals surface area contributed by atoms with Gasteiger partial charge in [0, 0.05) is 24.1 Å². The van der Waals surface area contributed by atoms with E-state index in [1.165, 1.54) is 6.42 Å². The van der Waals surface area contributed by atoms with Gasteiger partial charge in [-0.15, -0.1) is 0 Å². The number of amides is 1. The molecular formula is C18H23N3O2. The second kappa shape index (κ2) is 7.42. The zero-order valence-corrected chi connectivity index (χ0v) is 13.2. The third-order valence-electron chi connectivity index (χ3n) is 4.66. The fraction of sp³-hybridized carbons (Fsp3) is 0.444. The first kappa shape index (κ1) is 15.7. The molecule has 1 saturated carbocycles. The Morgan fingerprint density at radius 3 is 2.78 bits per heavy atom. The topological polar surface area (TPSA) is 78.0 Å². The SMILES string of the molecule is O=C(NC1CCCCCC1CO)c1cn[nH]c1-c1ccccc1. The van der Waals surface area contributed by atoms with Crippen LogP contribution in [0.4, 0.5) is 0 Å². The molecule has 2 aromatic rings. The predicted molar refractivity (Wildman–Crippen MR) is 88.9 cm³/mol. The number of rotatable bonds is 4. The molecule has 3 rings (SSSR count). The highest BCUT2D eigenvalue weighted by atomic mass is 16.3. The Hall–Kier alpha value is -2.14. The molecule has 2 unspecified atom stereocenters. The monoisotopic (exact) mass is 313 g/mol. The van der Waals surface area contributed by atoms with Crippen molar-refractivity contribution in [3.05, 3.63) is 42.1 Å². The van der Waals surface area contributed by atoms with Crippen molar-refractivity contribution in [2.75, 3.05) is 6.61 Å². The van der Waals surface area contributed by atoms with Crippen LogP contribution < -0.4 is 5.32 Å². The van der Waals surface area contributed by atoms with Crippen molar-refractivity contribution in [2.45, 2.75) is 38.1 Å². The average Bonchev–Trinajstić information content (AvgIpc) is 2.97. The third kappa shape index (κ3) is 3.62. The van der Waals surface area contributed by atoms with Gasteiger partial charge in [-0.3, -0.25) is 9.89 Å². The predicted octanol–water partition coefficient (Wildman–Crippen LogP) is 2.75. The van der Waals surface area contributed by atoms with Crippen molar-refractivity contribution >= 4 is 5.91 Å². The van der Waals surface area contributed by atoms with Crippen molar-refractivity contribution in [3.63, 3.8) is 0 Å². The second-order valence-electron chi connectivity index (χ2n) is 6.19. The number of carbonyl (C=O) groups is 1. The lowest BCUT2D eigenvalue weighted by molar-refractivity contribution is 0.0900. The zero-order chi connectivity index (χ0) is 16.1. The summed E-state index contributed by atoms with van der Waals surface area (Å²) in [6.45, 7) is 0.127. The van der Waals surface area contributed by atoms with Gasteiger partial charge in [0.05, 0.1) is 17.5 Å². The van der Waals surface area contributed by atoms with Gasteiger partial charge in [-0.2, -0.15) is 5.10 Å². The van der Waals surface area contributed by atoms with Crippen LogP contribution >= 0.6 is 0 Å². The number of nitrogens with zero attached hydrogens (tertiary/aromatic N) is 1. The van der Waals surface area contributed by atoms with Gasteiger partial charge < -0.3 is 10.4 Å². The summed E-state index contributed by atoms with van der Waals surface area (Å²) in [6.07, 6.45) is 6.86. The van der Waals surface area contributed by atoms with Gasteiger partial charge in [0.15, 0.2) is 0 Å². The number of hydrogen-bond acceptors (Lipinski definition) is 3. The maximum Gasteiger partial charge on any atom is 0.255 e. The first-order valence-corrected chi connectivity index (χ1v) is 8.30. The van der Waals surface area contributed by atoms with E-state index >= 15 is 0 Å². The van der Waals surface area contributed by atoms with Crippen LogP contribution in [0, 0.1) is 5.92 Å². The molecule has 1 aliphatic carbocycles. The van der Waals surface area contributed by atoms with E-state index in [1.54, 1.807) is 6.20 Å². The molecular weight excluding hydrogens is 290 g/mol. The van der Waals surface area contributed by atoms with E-state index in [-0.39, 0.29) is 24.5 Å². The lowest BCUT2D eigenvalue weighted by Crippen LogP contribution is -2.41. The van der Waals surface area contributed by atoms with Gasteiger partial charge in [-0.05, 0) is 12.8 Å². The zero-order valence-electron chi connectivity index (χ0n) is 13.2. The largest absolute Gasteiger partial charge is 0.396 e. The maximum absolute atomic E-state index is 12.7. The summed E-state index contributed by atoms with van der Waals surface area (Å²) in [4.78, 5) is 12.7. The smallest absolute Gasteiger partial charge is 0.255 e. The summed E-state index contributed by atoms with van der Waals surface area (Å²) in [6, 6.07) is 9.75. The molecule has 0 bridgehead atoms. The highest BCUT2D eigenvalue weighted by Crippen LogP contribution is 2.25. The lowest BCUT2D eigenvalue weighted by Gasteiger charge is -2.24. The molecule has 5 heteroatoms. The average molecular weight is 313 g/mol. The molecule has 1 amide bonds. The Morgan fingerprint density at radius 1 is 1.22 bits per heavy atom. The quantitative estimate of drug-likeness (QED) is 0.760. The number of nitrogens with one attached hydrogen (secondary N) is 2. The van der Waals surface area contributed by atoms with Crippen LogP contribution in [-0.4, -0.2) is 33.9 Å². The van der Waals surface area contributed by atoms with E-state index in [1.807, 2.05) is 30.3 Å². The molecule has 0 radical (unpaired) electrons. The summed E-state index contributed by atoms with van der Waals surface area (Å²) >= 11 is 0. The first-order chi connectivity index (χ1) is 11.3. The molecule has 0 spiro atoms. The molecule has 1 aliphatic rings. The Kier molecular flexibility index (Phi) is 5.08. The highest BCUT2D eigenvalue weighted by Gasteiger charge is 2.26. The number of carbonyl (C=O) groups excluding carboxylic acids is 1. The van der Waals surface area contributed by atoms with Crippen molar-refractivity contribution in [1.82, 2.24) is 15.5 Å². The molecule has 23 heavy (non-hydrogen) atoms. The summed E-state index contributed by atoms with van der Waals surface area (Å²) in [5.74, 6) is 0.0245. The molecule has 0 saturated heterocycles. The van der Waals surface area contributed by atoms with Crippen molar-refractivity contribution in [2.24, 2.45) is 5.92 Å². The number of H-pyrrole nitrogens is 1. The number of aliphatic hydroxyl groups excluding tert-OH is 1. The second-order valence-corrected chi connectivity index (χ2v) is 6.19. The molecule has 3 N–H and O–H groups in total. The molecule has 122 valence electrons. The van der Waals surface area contributed by atoms with Crippen LogP contribution in [0.15, 0.2) is 36.5 Å². The van der Waals surface area contributed by atoms with Gasteiger partial charge in [0.1, 0.15) is 0 Å². The highest BCUT2D eigenvalue weighted by molar-refractivity contribution is 5.99. The summed E-state index contributed by atoms with van der Waals surface area (Å²) in [7, 11) is 0. The molecule has 5 nitrogen and oxygen atoms in total. The van der Waals surface area contributed by atoms with Gasteiger partial charge in [0.2, 0.25) is 0 Å². The molecule has 1 heterocycles. The van der Waals surface area contributed by atoms with Crippen molar-refractivity contribution in [3.8, 4) is 11.3 Å². The molecule has 1 aromatic heterocycles. The Labute approximate surface area is 136 Å². The van der Waals surface area contributed by atoms with Crippen LogP contribution in [-0.2, 0) is 0 Å². The first-order valence-electron chi connectivity index (χ1n) is 8.30. The number of aliphatic hydroxyl groups is 1. The van der Waals surface area contributed by atoms with E-state index in [9.17, 15) is 9.90 Å². The minimum absolute atomic E-state index is 0.0357. The van der Waals surface area contributed by atoms with Crippen molar-refractivity contribution in [1.29, 1.82) is 0 Å². The Bertz CT molecular complexity index is 639. The number of benzene rings is 1. The van der Waals surface area contributed by atoms with Crippen LogP contribution in [0.1, 0.15) is 42.5 Å². The van der Waals surface area contributed by atoms with Crippen LogP contribution in [0.25, 0.3) is 11.3 Å². The number of hydrogen-bond donors (Lipinski definition) is 3. The molecule has 1 aromatic carbocycles. The van der Waals surface area contributed by atoms with Gasteiger partial charge >= 0.3 is 0 Å². The third-order valence-corrected chi connectivity index (χ3v) is 4.66. The number of aromatic nitrogens is 2. The Morgan fingerprint density at radius 2 is 2.00 bits per heavy atom. The van der Waals surface area contributed by atoms with E-state index in [0.29, 0.717) is 5.56 Å². The molecule has 1 fully saturated rings. The molecule has 0 aliphatic heterocycles. The summed E-state index contributed by atoms with van der Waals surface area (Å²) < 4.78 is 0. The van der Waals surface area contributed by atoms with Gasteiger partial charge in [-0.25, -0.2) is 0 Å². The van der Waals surface area contributed by atoms with Crippen LogP contribution in [0.3, 0.4) is 0 Å². The van der Waals surface area contributed by atoms with E-state index in [4.69, 9.17) is 0 Å². The normalized spacial score (nSPS) is 21.6. The molecule has 2 atom stereocenters. The van der Waals surface area contributed by atoms with Gasteiger partial charge in [0.25, 0.3) is 5.91 Å². The standard InChI is InChI=1S/C18H23N3O2/c22-12-14-9-5-2-6-10-16(14)20-18(23)15-11-19-21-17(15)13-7-3-1-4-8-13/h1,3-4,7-8,11,14,16,22H,2,5-6,9-10,12H2,(H,19,21)(H,20,23). The van der Waals surface area contributed by atoms with Crippen LogP contribution in [0.2, 0.25) is 0 Å². The summed E-state index contributed by atoms with van der Waals surface area (Å²) in [5.41, 5.74) is 2.23. The number of aromatic amines is 1. The fourth-order valence-electron chi connectivity index (χ4n) is 3.32.